The fourth-order valence-electron chi connectivity index (χ4n) is 2.72. The van der Waals surface area contributed by atoms with Crippen LogP contribution in [0.3, 0.4) is 0 Å². The number of aromatic nitrogens is 2. The molecule has 0 aromatic carbocycles. The van der Waals surface area contributed by atoms with Crippen LogP contribution >= 0.6 is 23.1 Å². The highest BCUT2D eigenvalue weighted by Gasteiger charge is 2.17. The van der Waals surface area contributed by atoms with E-state index < -0.39 is 0 Å². The van der Waals surface area contributed by atoms with Crippen molar-refractivity contribution in [1.29, 1.82) is 0 Å². The van der Waals surface area contributed by atoms with Crippen molar-refractivity contribution in [1.82, 2.24) is 9.97 Å². The van der Waals surface area contributed by atoms with Gasteiger partial charge in [-0.2, -0.15) is 0 Å². The molecule has 0 amide bonds. The third-order valence-corrected chi connectivity index (χ3v) is 6.31. The molecular formula is C15H21N3S2. The number of anilines is 1. The lowest BCUT2D eigenvalue weighted by Crippen LogP contribution is -2.00. The van der Waals surface area contributed by atoms with Crippen molar-refractivity contribution >= 4 is 39.3 Å². The van der Waals surface area contributed by atoms with Crippen LogP contribution in [-0.2, 0) is 6.42 Å². The molecule has 1 fully saturated rings. The molecule has 0 aliphatic heterocycles. The molecule has 1 aliphatic rings. The fourth-order valence-corrected chi connectivity index (χ4v) is 4.94. The third kappa shape index (κ3) is 2.93. The minimum absolute atomic E-state index is 0.746. The summed E-state index contributed by atoms with van der Waals surface area (Å²) in [5, 5.41) is 5.48. The Hall–Kier alpha value is -0.810. The molecule has 3 rings (SSSR count). The molecule has 3 nitrogen and oxygen atoms in total. The largest absolute Gasteiger partial charge is 0.357 e. The van der Waals surface area contributed by atoms with Gasteiger partial charge < -0.3 is 5.32 Å². The summed E-state index contributed by atoms with van der Waals surface area (Å²) in [4.78, 5) is 11.8. The first-order valence-electron chi connectivity index (χ1n) is 7.41. The summed E-state index contributed by atoms with van der Waals surface area (Å²) in [6.45, 7) is 2.20. The van der Waals surface area contributed by atoms with E-state index >= 15 is 0 Å². The van der Waals surface area contributed by atoms with Gasteiger partial charge in [0.05, 0.1) is 0 Å². The Morgan fingerprint density at radius 2 is 2.15 bits per heavy atom. The quantitative estimate of drug-likeness (QED) is 0.648. The summed E-state index contributed by atoms with van der Waals surface area (Å²) in [7, 11) is 1.89. The number of rotatable bonds is 5. The van der Waals surface area contributed by atoms with Crippen molar-refractivity contribution in [3.8, 4) is 0 Å². The number of thioether (sulfide) groups is 1. The summed E-state index contributed by atoms with van der Waals surface area (Å²) >= 11 is 3.71. The van der Waals surface area contributed by atoms with E-state index in [2.05, 4.69) is 28.3 Å². The molecule has 0 atom stereocenters. The zero-order valence-electron chi connectivity index (χ0n) is 12.1. The highest BCUT2D eigenvalue weighted by atomic mass is 32.2. The molecule has 0 spiro atoms. The van der Waals surface area contributed by atoms with Crippen LogP contribution in [0.5, 0.6) is 0 Å². The molecule has 2 aromatic heterocycles. The van der Waals surface area contributed by atoms with Gasteiger partial charge in [-0.05, 0) is 31.2 Å². The predicted octanol–water partition coefficient (Wildman–Crippen LogP) is 4.58. The Labute approximate surface area is 128 Å². The molecular weight excluding hydrogens is 286 g/mol. The first kappa shape index (κ1) is 14.1. The van der Waals surface area contributed by atoms with Gasteiger partial charge in [-0.15, -0.1) is 23.1 Å². The summed E-state index contributed by atoms with van der Waals surface area (Å²) in [5.74, 6) is 2.83. The van der Waals surface area contributed by atoms with Crippen molar-refractivity contribution in [2.45, 2.75) is 44.1 Å². The van der Waals surface area contributed by atoms with Crippen LogP contribution in [0.4, 0.5) is 5.95 Å². The molecule has 1 saturated carbocycles. The second-order valence-electron chi connectivity index (χ2n) is 5.35. The van der Waals surface area contributed by atoms with Crippen LogP contribution in [0, 0.1) is 5.92 Å². The van der Waals surface area contributed by atoms with E-state index in [4.69, 9.17) is 0 Å². The SMILES string of the molecule is CCc1cc2c(SCC3CCCC3)nc(NC)nc2s1. The Morgan fingerprint density at radius 1 is 1.35 bits per heavy atom. The molecule has 108 valence electrons. The van der Waals surface area contributed by atoms with E-state index in [1.54, 1.807) is 11.3 Å². The van der Waals surface area contributed by atoms with E-state index in [1.807, 2.05) is 18.8 Å². The van der Waals surface area contributed by atoms with E-state index in [-0.39, 0.29) is 0 Å². The Balaban J connectivity index is 1.87. The minimum Gasteiger partial charge on any atom is -0.357 e. The second kappa shape index (κ2) is 6.31. The number of hydrogen-bond donors (Lipinski definition) is 1. The Kier molecular flexibility index (Phi) is 4.46. The van der Waals surface area contributed by atoms with Crippen molar-refractivity contribution < 1.29 is 0 Å². The van der Waals surface area contributed by atoms with Crippen molar-refractivity contribution in [2.75, 3.05) is 18.1 Å². The number of nitrogens with one attached hydrogen (secondary N) is 1. The maximum atomic E-state index is 4.68. The maximum absolute atomic E-state index is 4.68. The fraction of sp³-hybridized carbons (Fsp3) is 0.600. The van der Waals surface area contributed by atoms with E-state index in [1.165, 1.54) is 41.7 Å². The van der Waals surface area contributed by atoms with Crippen molar-refractivity contribution in [2.24, 2.45) is 5.92 Å². The molecule has 2 aromatic rings. The number of aryl methyl sites for hydroxylation is 1. The first-order chi connectivity index (χ1) is 9.80. The van der Waals surface area contributed by atoms with Gasteiger partial charge in [-0.25, -0.2) is 9.97 Å². The van der Waals surface area contributed by atoms with Crippen molar-refractivity contribution in [3.05, 3.63) is 10.9 Å². The topological polar surface area (TPSA) is 37.8 Å². The average Bonchev–Trinajstić information content (AvgIpc) is 3.12. The van der Waals surface area contributed by atoms with Gasteiger partial charge in [0, 0.05) is 23.1 Å². The minimum atomic E-state index is 0.746. The predicted molar refractivity (Wildman–Crippen MR) is 89.0 cm³/mol. The van der Waals surface area contributed by atoms with Crippen LogP contribution in [-0.4, -0.2) is 22.8 Å². The van der Waals surface area contributed by atoms with Gasteiger partial charge in [0.1, 0.15) is 9.86 Å². The monoisotopic (exact) mass is 307 g/mol. The van der Waals surface area contributed by atoms with Gasteiger partial charge in [-0.3, -0.25) is 0 Å². The van der Waals surface area contributed by atoms with Gasteiger partial charge in [-0.1, -0.05) is 19.8 Å². The highest BCUT2D eigenvalue weighted by Crippen LogP contribution is 2.36. The lowest BCUT2D eigenvalue weighted by atomic mass is 10.1. The summed E-state index contributed by atoms with van der Waals surface area (Å²) in [6.07, 6.45) is 6.67. The van der Waals surface area contributed by atoms with Gasteiger partial charge in [0.2, 0.25) is 5.95 Å². The molecule has 0 bridgehead atoms. The maximum Gasteiger partial charge on any atom is 0.224 e. The van der Waals surface area contributed by atoms with Gasteiger partial charge in [0.25, 0.3) is 0 Å². The Bertz CT molecular complexity index is 588. The number of hydrogen-bond acceptors (Lipinski definition) is 5. The lowest BCUT2D eigenvalue weighted by molar-refractivity contribution is 0.623. The molecule has 20 heavy (non-hydrogen) atoms. The van der Waals surface area contributed by atoms with E-state index in [9.17, 15) is 0 Å². The van der Waals surface area contributed by atoms with Crippen LogP contribution in [0.15, 0.2) is 11.1 Å². The normalized spacial score (nSPS) is 16.1. The van der Waals surface area contributed by atoms with Crippen molar-refractivity contribution in [3.63, 3.8) is 0 Å². The summed E-state index contributed by atoms with van der Waals surface area (Å²) in [6, 6.07) is 2.27. The lowest BCUT2D eigenvalue weighted by Gasteiger charge is -2.09. The molecule has 1 N–H and O–H groups in total. The van der Waals surface area contributed by atoms with Crippen LogP contribution in [0.25, 0.3) is 10.2 Å². The number of fused-ring (bicyclic) bond motifs is 1. The smallest absolute Gasteiger partial charge is 0.224 e. The molecule has 2 heterocycles. The zero-order valence-corrected chi connectivity index (χ0v) is 13.7. The van der Waals surface area contributed by atoms with Gasteiger partial charge in [0.15, 0.2) is 0 Å². The molecule has 0 radical (unpaired) electrons. The number of thiophene rings is 1. The molecule has 1 aliphatic carbocycles. The van der Waals surface area contributed by atoms with E-state index in [0.717, 1.165) is 28.1 Å². The second-order valence-corrected chi connectivity index (χ2v) is 7.47. The number of nitrogens with zero attached hydrogens (tertiary/aromatic N) is 2. The Morgan fingerprint density at radius 3 is 2.85 bits per heavy atom. The summed E-state index contributed by atoms with van der Waals surface area (Å²) in [5.41, 5.74) is 0. The first-order valence-corrected chi connectivity index (χ1v) is 9.21. The molecule has 0 saturated heterocycles. The molecule has 5 heteroatoms. The standard InChI is InChI=1S/C15H21N3S2/c1-3-11-8-12-13(19-9-10-6-4-5-7-10)17-15(16-2)18-14(12)20-11/h8,10H,3-7,9H2,1-2H3,(H,16,17,18). The average molecular weight is 307 g/mol. The molecule has 0 unspecified atom stereocenters. The highest BCUT2D eigenvalue weighted by molar-refractivity contribution is 7.99. The zero-order chi connectivity index (χ0) is 13.9. The van der Waals surface area contributed by atoms with Crippen LogP contribution in [0.1, 0.15) is 37.5 Å². The summed E-state index contributed by atoms with van der Waals surface area (Å²) < 4.78 is 0. The van der Waals surface area contributed by atoms with Crippen LogP contribution < -0.4 is 5.32 Å². The van der Waals surface area contributed by atoms with Crippen LogP contribution in [0.2, 0.25) is 0 Å². The van der Waals surface area contributed by atoms with E-state index in [0.29, 0.717) is 0 Å². The van der Waals surface area contributed by atoms with Gasteiger partial charge >= 0.3 is 0 Å². The third-order valence-electron chi connectivity index (χ3n) is 3.91.